The predicted octanol–water partition coefficient (Wildman–Crippen LogP) is 2.95. The van der Waals surface area contributed by atoms with Gasteiger partial charge in [-0.1, -0.05) is 30.0 Å². The molecule has 0 spiro atoms. The minimum atomic E-state index is -0.127. The Hall–Kier alpha value is -1.94. The number of aromatic nitrogens is 4. The average Bonchev–Trinajstić information content (AvgIpc) is 3.14. The van der Waals surface area contributed by atoms with Gasteiger partial charge in [-0.15, -0.1) is 10.2 Å². The Morgan fingerprint density at radius 2 is 2.19 bits per heavy atom. The lowest BCUT2D eigenvalue weighted by Crippen LogP contribution is -2.32. The third-order valence-electron chi connectivity index (χ3n) is 3.84. The largest absolute Gasteiger partial charge is 0.310 e. The molecule has 26 heavy (non-hydrogen) atoms. The molecule has 0 bridgehead atoms. The summed E-state index contributed by atoms with van der Waals surface area (Å²) in [6.07, 6.45) is 4.14. The van der Waals surface area contributed by atoms with E-state index in [2.05, 4.69) is 20.6 Å². The summed E-state index contributed by atoms with van der Waals surface area (Å²) in [6.45, 7) is 5.85. The Morgan fingerprint density at radius 1 is 1.42 bits per heavy atom. The van der Waals surface area contributed by atoms with Crippen LogP contribution in [-0.2, 0) is 9.59 Å². The van der Waals surface area contributed by atoms with Crippen LogP contribution < -0.4 is 10.2 Å². The highest BCUT2D eigenvalue weighted by atomic mass is 32.2. The highest BCUT2D eigenvalue weighted by molar-refractivity contribution is 8.01. The molecule has 1 N–H and O–H groups in total. The average molecular weight is 395 g/mol. The van der Waals surface area contributed by atoms with Crippen LogP contribution in [0.25, 0.3) is 0 Å². The Balaban J connectivity index is 1.56. The summed E-state index contributed by atoms with van der Waals surface area (Å²) in [4.78, 5) is 26.1. The highest BCUT2D eigenvalue weighted by Crippen LogP contribution is 2.36. The van der Waals surface area contributed by atoms with Gasteiger partial charge in [0.2, 0.25) is 16.9 Å². The van der Waals surface area contributed by atoms with Crippen molar-refractivity contribution in [2.45, 2.75) is 56.5 Å². The summed E-state index contributed by atoms with van der Waals surface area (Å²) in [5.41, 5.74) is 0. The molecule has 1 aliphatic carbocycles. The summed E-state index contributed by atoms with van der Waals surface area (Å²) >= 11 is 2.68. The lowest BCUT2D eigenvalue weighted by Gasteiger charge is -2.17. The molecule has 2 aromatic rings. The number of thioether (sulfide) groups is 1. The Kier molecular flexibility index (Phi) is 5.92. The van der Waals surface area contributed by atoms with Crippen molar-refractivity contribution in [1.29, 1.82) is 0 Å². The summed E-state index contributed by atoms with van der Waals surface area (Å²) < 4.78 is 2.44. The van der Waals surface area contributed by atoms with Crippen molar-refractivity contribution in [2.75, 3.05) is 16.0 Å². The van der Waals surface area contributed by atoms with Crippen LogP contribution in [0.15, 0.2) is 16.6 Å². The van der Waals surface area contributed by atoms with Gasteiger partial charge in [0, 0.05) is 24.6 Å². The van der Waals surface area contributed by atoms with Gasteiger partial charge in [-0.25, -0.2) is 4.68 Å². The molecule has 8 nitrogen and oxygen atoms in total. The zero-order valence-electron chi connectivity index (χ0n) is 15.0. The minimum absolute atomic E-state index is 0.0693. The second-order valence-electron chi connectivity index (χ2n) is 6.29. The van der Waals surface area contributed by atoms with Crippen molar-refractivity contribution < 1.29 is 9.59 Å². The fourth-order valence-electron chi connectivity index (χ4n) is 2.46. The van der Waals surface area contributed by atoms with Crippen LogP contribution in [0.1, 0.15) is 46.1 Å². The van der Waals surface area contributed by atoms with Crippen molar-refractivity contribution in [3.05, 3.63) is 12.3 Å². The maximum atomic E-state index is 12.2. The van der Waals surface area contributed by atoms with E-state index in [4.69, 9.17) is 0 Å². The van der Waals surface area contributed by atoms with Gasteiger partial charge in [-0.3, -0.25) is 14.5 Å². The molecule has 0 saturated heterocycles. The molecule has 0 aromatic carbocycles. The smallest absolute Gasteiger partial charge is 0.235 e. The zero-order chi connectivity index (χ0) is 18.7. The van der Waals surface area contributed by atoms with E-state index >= 15 is 0 Å². The summed E-state index contributed by atoms with van der Waals surface area (Å²) in [5, 5.41) is 15.9. The normalized spacial score (nSPS) is 13.8. The molecule has 1 saturated carbocycles. The van der Waals surface area contributed by atoms with Crippen LogP contribution >= 0.6 is 23.1 Å². The van der Waals surface area contributed by atoms with Gasteiger partial charge < -0.3 is 5.32 Å². The second-order valence-corrected chi connectivity index (χ2v) is 8.47. The Labute approximate surface area is 160 Å². The van der Waals surface area contributed by atoms with Gasteiger partial charge in [0.05, 0.1) is 11.9 Å². The highest BCUT2D eigenvalue weighted by Gasteiger charge is 2.35. The molecule has 1 aliphatic rings. The standard InChI is InChI=1S/C16H22N6O2S2/c1-4-14(24)21(11-5-6-11)15-19-20-16(26-15)25-9-13(23)18-12-7-8-17-22(12)10(2)3/h7-8,10-11H,4-6,9H2,1-3H3,(H,18,23). The molecule has 140 valence electrons. The van der Waals surface area contributed by atoms with E-state index in [9.17, 15) is 9.59 Å². The fourth-order valence-corrected chi connectivity index (χ4v) is 4.19. The predicted molar refractivity (Wildman–Crippen MR) is 103 cm³/mol. The van der Waals surface area contributed by atoms with E-state index in [0.717, 1.165) is 12.8 Å². The monoisotopic (exact) mass is 394 g/mol. The molecule has 10 heteroatoms. The molecular formula is C16H22N6O2S2. The summed E-state index contributed by atoms with van der Waals surface area (Å²) in [5.74, 6) is 0.845. The minimum Gasteiger partial charge on any atom is -0.310 e. The number of rotatable bonds is 8. The number of amides is 2. The number of carbonyl (C=O) groups excluding carboxylic acids is 2. The van der Waals surface area contributed by atoms with Crippen LogP contribution in [0.2, 0.25) is 0 Å². The van der Waals surface area contributed by atoms with E-state index < -0.39 is 0 Å². The van der Waals surface area contributed by atoms with Gasteiger partial charge in [0.25, 0.3) is 0 Å². The molecule has 0 radical (unpaired) electrons. The second kappa shape index (κ2) is 8.17. The molecule has 0 aliphatic heterocycles. The van der Waals surface area contributed by atoms with E-state index in [1.807, 2.05) is 20.8 Å². The number of anilines is 2. The molecule has 0 atom stereocenters. The van der Waals surface area contributed by atoms with Crippen molar-refractivity contribution in [3.8, 4) is 0 Å². The topological polar surface area (TPSA) is 93.0 Å². The first-order valence-corrected chi connectivity index (χ1v) is 10.4. The number of hydrogen-bond acceptors (Lipinski definition) is 7. The van der Waals surface area contributed by atoms with Crippen molar-refractivity contribution >= 4 is 45.9 Å². The molecule has 1 fully saturated rings. The SMILES string of the molecule is CCC(=O)N(c1nnc(SCC(=O)Nc2ccnn2C(C)C)s1)C1CC1. The number of nitrogens with zero attached hydrogens (tertiary/aromatic N) is 5. The molecule has 3 rings (SSSR count). The first-order chi connectivity index (χ1) is 12.5. The van der Waals surface area contributed by atoms with Crippen molar-refractivity contribution in [3.63, 3.8) is 0 Å². The summed E-state index contributed by atoms with van der Waals surface area (Å²) in [7, 11) is 0. The molecule has 2 amide bonds. The maximum absolute atomic E-state index is 12.2. The number of carbonyl (C=O) groups is 2. The molecular weight excluding hydrogens is 372 g/mol. The van der Waals surface area contributed by atoms with Crippen molar-refractivity contribution in [2.24, 2.45) is 0 Å². The third kappa shape index (κ3) is 4.42. The van der Waals surface area contributed by atoms with Gasteiger partial charge in [-0.2, -0.15) is 5.10 Å². The Bertz CT molecular complexity index is 783. The summed E-state index contributed by atoms with van der Waals surface area (Å²) in [6, 6.07) is 2.20. The number of nitrogens with one attached hydrogen (secondary N) is 1. The Morgan fingerprint density at radius 3 is 2.85 bits per heavy atom. The van der Waals surface area contributed by atoms with Crippen LogP contribution in [0.4, 0.5) is 10.9 Å². The lowest BCUT2D eigenvalue weighted by molar-refractivity contribution is -0.118. The van der Waals surface area contributed by atoms with E-state index in [1.54, 1.807) is 21.8 Å². The maximum Gasteiger partial charge on any atom is 0.235 e. The van der Waals surface area contributed by atoms with Crippen LogP contribution in [-0.4, -0.2) is 43.6 Å². The van der Waals surface area contributed by atoms with Crippen LogP contribution in [0.3, 0.4) is 0 Å². The van der Waals surface area contributed by atoms with Gasteiger partial charge in [-0.05, 0) is 26.7 Å². The van der Waals surface area contributed by atoms with E-state index in [0.29, 0.717) is 21.7 Å². The van der Waals surface area contributed by atoms with Crippen molar-refractivity contribution in [1.82, 2.24) is 20.0 Å². The van der Waals surface area contributed by atoms with E-state index in [1.165, 1.54) is 23.1 Å². The zero-order valence-corrected chi connectivity index (χ0v) is 16.6. The van der Waals surface area contributed by atoms with Crippen LogP contribution in [0, 0.1) is 0 Å². The quantitative estimate of drug-likeness (QED) is 0.547. The molecule has 0 unspecified atom stereocenters. The van der Waals surface area contributed by atoms with Gasteiger partial charge in [0.15, 0.2) is 4.34 Å². The molecule has 2 heterocycles. The lowest BCUT2D eigenvalue weighted by atomic mass is 10.4. The number of hydrogen-bond donors (Lipinski definition) is 1. The van der Waals surface area contributed by atoms with Crippen LogP contribution in [0.5, 0.6) is 0 Å². The van der Waals surface area contributed by atoms with Gasteiger partial charge in [0.1, 0.15) is 5.82 Å². The fraction of sp³-hybridized carbons (Fsp3) is 0.562. The third-order valence-corrected chi connectivity index (χ3v) is 5.89. The van der Waals surface area contributed by atoms with E-state index in [-0.39, 0.29) is 29.7 Å². The molecule has 2 aromatic heterocycles. The van der Waals surface area contributed by atoms with Gasteiger partial charge >= 0.3 is 0 Å². The first-order valence-electron chi connectivity index (χ1n) is 8.61. The first kappa shape index (κ1) is 18.8.